The summed E-state index contributed by atoms with van der Waals surface area (Å²) in [4.78, 5) is 9.45. The van der Waals surface area contributed by atoms with Gasteiger partial charge in [0.2, 0.25) is 5.75 Å². The summed E-state index contributed by atoms with van der Waals surface area (Å²) in [6, 6.07) is 1.13. The van der Waals surface area contributed by atoms with Crippen LogP contribution in [-0.4, -0.2) is 38.1 Å². The number of aliphatic hydroxyl groups is 3. The minimum absolute atomic E-state index is 0.483. The van der Waals surface area contributed by atoms with Gasteiger partial charge in [0.15, 0.2) is 0 Å². The molecule has 4 N–H and O–H groups in total. The van der Waals surface area contributed by atoms with Crippen molar-refractivity contribution >= 4 is 5.69 Å². The second-order valence-corrected chi connectivity index (χ2v) is 3.31. The molecule has 94 valence electrons. The van der Waals surface area contributed by atoms with Gasteiger partial charge in [-0.05, 0) is 6.07 Å². The van der Waals surface area contributed by atoms with Crippen LogP contribution < -0.4 is 0 Å². The lowest BCUT2D eigenvalue weighted by Gasteiger charge is -2.16. The highest BCUT2D eigenvalue weighted by Crippen LogP contribution is 2.35. The van der Waals surface area contributed by atoms with Crippen molar-refractivity contribution in [3.63, 3.8) is 0 Å². The molecule has 17 heavy (non-hydrogen) atoms. The lowest BCUT2D eigenvalue weighted by molar-refractivity contribution is -0.386. The number of phenols is 1. The maximum absolute atomic E-state index is 13.0. The number of nitrogens with zero attached hydrogens (tertiary/aromatic N) is 1. The Hall–Kier alpha value is -1.77. The first-order valence-corrected chi connectivity index (χ1v) is 4.52. The Kier molecular flexibility index (Phi) is 3.94. The standard InChI is InChI=1S/C9H10FNO6/c10-4-1-5(9(15)7(13)3-12)8(14)6(2-4)11(16)17/h1-2,7,9,12-15H,3H2. The number of aromatic hydroxyl groups is 1. The van der Waals surface area contributed by atoms with Crippen molar-refractivity contribution < 1.29 is 29.7 Å². The third-order valence-electron chi connectivity index (χ3n) is 2.15. The second-order valence-electron chi connectivity index (χ2n) is 3.31. The lowest BCUT2D eigenvalue weighted by Crippen LogP contribution is -2.22. The molecular formula is C9H10FNO6. The molecule has 0 aromatic heterocycles. The molecule has 8 heteroatoms. The molecule has 0 amide bonds. The highest BCUT2D eigenvalue weighted by molar-refractivity contribution is 5.52. The van der Waals surface area contributed by atoms with Gasteiger partial charge in [-0.1, -0.05) is 0 Å². The molecule has 7 nitrogen and oxygen atoms in total. The quantitative estimate of drug-likeness (QED) is 0.432. The minimum Gasteiger partial charge on any atom is -0.502 e. The average molecular weight is 247 g/mol. The molecule has 2 unspecified atom stereocenters. The zero-order valence-electron chi connectivity index (χ0n) is 8.45. The molecule has 0 saturated heterocycles. The van der Waals surface area contributed by atoms with E-state index in [1.165, 1.54) is 0 Å². The van der Waals surface area contributed by atoms with Gasteiger partial charge in [0.25, 0.3) is 0 Å². The molecule has 0 heterocycles. The number of halogens is 1. The van der Waals surface area contributed by atoms with E-state index in [1.807, 2.05) is 0 Å². The van der Waals surface area contributed by atoms with Gasteiger partial charge in [0.05, 0.1) is 17.6 Å². The summed E-state index contributed by atoms with van der Waals surface area (Å²) in [6.07, 6.45) is -3.50. The first-order chi connectivity index (χ1) is 7.88. The van der Waals surface area contributed by atoms with Gasteiger partial charge in [0, 0.05) is 5.56 Å². The summed E-state index contributed by atoms with van der Waals surface area (Å²) in [7, 11) is 0. The van der Waals surface area contributed by atoms with Crippen LogP contribution in [-0.2, 0) is 0 Å². The van der Waals surface area contributed by atoms with Gasteiger partial charge in [-0.25, -0.2) is 4.39 Å². The molecule has 1 aromatic rings. The number of aliphatic hydroxyl groups excluding tert-OH is 3. The van der Waals surface area contributed by atoms with Crippen LogP contribution in [0, 0.1) is 15.9 Å². The van der Waals surface area contributed by atoms with Crippen molar-refractivity contribution in [3.05, 3.63) is 33.6 Å². The van der Waals surface area contributed by atoms with E-state index in [-0.39, 0.29) is 0 Å². The van der Waals surface area contributed by atoms with Gasteiger partial charge in [-0.15, -0.1) is 0 Å². The number of phenolic OH excluding ortho intramolecular Hbond substituents is 1. The first kappa shape index (κ1) is 13.3. The van der Waals surface area contributed by atoms with Crippen LogP contribution in [0.1, 0.15) is 11.7 Å². The fourth-order valence-electron chi connectivity index (χ4n) is 1.28. The molecule has 0 aliphatic heterocycles. The maximum atomic E-state index is 13.0. The van der Waals surface area contributed by atoms with Crippen molar-refractivity contribution in [3.8, 4) is 5.75 Å². The van der Waals surface area contributed by atoms with Crippen molar-refractivity contribution in [1.29, 1.82) is 0 Å². The third-order valence-corrected chi connectivity index (χ3v) is 2.15. The maximum Gasteiger partial charge on any atom is 0.314 e. The predicted molar refractivity (Wildman–Crippen MR) is 52.8 cm³/mol. The smallest absolute Gasteiger partial charge is 0.314 e. The van der Waals surface area contributed by atoms with E-state index >= 15 is 0 Å². The molecule has 2 atom stereocenters. The van der Waals surface area contributed by atoms with E-state index in [2.05, 4.69) is 0 Å². The normalized spacial score (nSPS) is 14.4. The highest BCUT2D eigenvalue weighted by Gasteiger charge is 2.27. The molecule has 1 rings (SSSR count). The van der Waals surface area contributed by atoms with Gasteiger partial charge in [-0.3, -0.25) is 10.1 Å². The summed E-state index contributed by atoms with van der Waals surface area (Å²) in [5, 5.41) is 47.1. The monoisotopic (exact) mass is 247 g/mol. The van der Waals surface area contributed by atoms with Crippen LogP contribution in [0.4, 0.5) is 10.1 Å². The Morgan fingerprint density at radius 1 is 1.41 bits per heavy atom. The van der Waals surface area contributed by atoms with Crippen molar-refractivity contribution in [1.82, 2.24) is 0 Å². The van der Waals surface area contributed by atoms with E-state index in [0.29, 0.717) is 12.1 Å². The summed E-state index contributed by atoms with van der Waals surface area (Å²) in [5.41, 5.74) is -1.48. The van der Waals surface area contributed by atoms with E-state index in [1.54, 1.807) is 0 Å². The average Bonchev–Trinajstić information content (AvgIpc) is 2.29. The van der Waals surface area contributed by atoms with Crippen LogP contribution >= 0.6 is 0 Å². The zero-order chi connectivity index (χ0) is 13.2. The van der Waals surface area contributed by atoms with Crippen molar-refractivity contribution in [2.75, 3.05) is 6.61 Å². The number of hydrogen-bond donors (Lipinski definition) is 4. The number of hydrogen-bond acceptors (Lipinski definition) is 6. The van der Waals surface area contributed by atoms with Crippen molar-refractivity contribution in [2.24, 2.45) is 0 Å². The molecule has 0 saturated carbocycles. The van der Waals surface area contributed by atoms with Crippen LogP contribution in [0.3, 0.4) is 0 Å². The third kappa shape index (κ3) is 2.67. The molecule has 0 aliphatic rings. The Balaban J connectivity index is 3.29. The van der Waals surface area contributed by atoms with Crippen LogP contribution in [0.5, 0.6) is 5.75 Å². The highest BCUT2D eigenvalue weighted by atomic mass is 19.1. The van der Waals surface area contributed by atoms with Gasteiger partial charge in [0.1, 0.15) is 18.0 Å². The molecule has 0 radical (unpaired) electrons. The predicted octanol–water partition coefficient (Wildman–Crippen LogP) is -0.174. The van der Waals surface area contributed by atoms with Gasteiger partial charge < -0.3 is 20.4 Å². The molecule has 0 aliphatic carbocycles. The fourth-order valence-corrected chi connectivity index (χ4v) is 1.28. The van der Waals surface area contributed by atoms with E-state index in [4.69, 9.17) is 10.2 Å². The molecule has 0 bridgehead atoms. The molecule has 1 aromatic carbocycles. The fraction of sp³-hybridized carbons (Fsp3) is 0.333. The van der Waals surface area contributed by atoms with Gasteiger partial charge >= 0.3 is 5.69 Å². The van der Waals surface area contributed by atoms with E-state index in [9.17, 15) is 24.7 Å². The Morgan fingerprint density at radius 2 is 2.00 bits per heavy atom. The second kappa shape index (κ2) is 5.04. The topological polar surface area (TPSA) is 124 Å². The van der Waals surface area contributed by atoms with E-state index in [0.717, 1.165) is 0 Å². The molecule has 0 fully saturated rings. The lowest BCUT2D eigenvalue weighted by atomic mass is 10.0. The Morgan fingerprint density at radius 3 is 2.47 bits per heavy atom. The SMILES string of the molecule is O=[N+]([O-])c1cc(F)cc(C(O)C(O)CO)c1O. The van der Waals surface area contributed by atoms with Gasteiger partial charge in [-0.2, -0.15) is 0 Å². The van der Waals surface area contributed by atoms with Crippen LogP contribution in [0.2, 0.25) is 0 Å². The summed E-state index contributed by atoms with van der Waals surface area (Å²) < 4.78 is 13.0. The summed E-state index contributed by atoms with van der Waals surface area (Å²) in [5.74, 6) is -2.00. The molecule has 0 spiro atoms. The Labute approximate surface area is 94.5 Å². The van der Waals surface area contributed by atoms with Crippen LogP contribution in [0.25, 0.3) is 0 Å². The largest absolute Gasteiger partial charge is 0.502 e. The summed E-state index contributed by atoms with van der Waals surface area (Å²) >= 11 is 0. The van der Waals surface area contributed by atoms with Crippen molar-refractivity contribution in [2.45, 2.75) is 12.2 Å². The number of nitro groups is 1. The number of rotatable bonds is 4. The molecular weight excluding hydrogens is 237 g/mol. The van der Waals surface area contributed by atoms with Crippen LogP contribution in [0.15, 0.2) is 12.1 Å². The number of benzene rings is 1. The Bertz CT molecular complexity index is 438. The minimum atomic E-state index is -1.82. The zero-order valence-corrected chi connectivity index (χ0v) is 8.45. The summed E-state index contributed by atoms with van der Waals surface area (Å²) in [6.45, 7) is -0.842. The first-order valence-electron chi connectivity index (χ1n) is 4.52. The van der Waals surface area contributed by atoms with E-state index < -0.39 is 46.6 Å². The number of nitro benzene ring substituents is 1.